The third-order valence-corrected chi connectivity index (χ3v) is 2.73. The number of carbonyl (C=O) groups excluding carboxylic acids is 2. The van der Waals surface area contributed by atoms with Crippen LogP contribution in [-0.2, 0) is 4.79 Å². The normalized spacial score (nSPS) is 10.1. The summed E-state index contributed by atoms with van der Waals surface area (Å²) in [6.07, 6.45) is 0. The molecule has 1 aromatic rings. The highest BCUT2D eigenvalue weighted by molar-refractivity contribution is 5.97. The van der Waals surface area contributed by atoms with Crippen molar-refractivity contribution in [2.45, 2.75) is 13.8 Å². The standard InChI is InChI=1S/C13H18FN3O2/c1-4-16-12(18)7-17(3)13(19)9-5-10(14)8(2)11(15)6-9/h5-6H,4,7,15H2,1-3H3,(H,16,18). The van der Waals surface area contributed by atoms with Crippen LogP contribution in [0.5, 0.6) is 0 Å². The number of benzene rings is 1. The van der Waals surface area contributed by atoms with E-state index in [0.29, 0.717) is 12.1 Å². The Bertz CT molecular complexity index is 480. The Kier molecular flexibility index (Phi) is 4.86. The van der Waals surface area contributed by atoms with Gasteiger partial charge in [0.15, 0.2) is 0 Å². The Morgan fingerprint density at radius 1 is 1.42 bits per heavy atom. The van der Waals surface area contributed by atoms with Crippen LogP contribution in [0.15, 0.2) is 12.1 Å². The second kappa shape index (κ2) is 6.17. The van der Waals surface area contributed by atoms with Crippen molar-refractivity contribution in [1.82, 2.24) is 10.2 Å². The van der Waals surface area contributed by atoms with Gasteiger partial charge in [0, 0.05) is 30.4 Å². The molecular weight excluding hydrogens is 249 g/mol. The summed E-state index contributed by atoms with van der Waals surface area (Å²) >= 11 is 0. The molecule has 6 heteroatoms. The predicted molar refractivity (Wildman–Crippen MR) is 71.2 cm³/mol. The van der Waals surface area contributed by atoms with Gasteiger partial charge >= 0.3 is 0 Å². The van der Waals surface area contributed by atoms with E-state index in [9.17, 15) is 14.0 Å². The first kappa shape index (κ1) is 14.9. The van der Waals surface area contributed by atoms with Crippen LogP contribution in [0.3, 0.4) is 0 Å². The number of hydrogen-bond donors (Lipinski definition) is 2. The van der Waals surface area contributed by atoms with Crippen LogP contribution < -0.4 is 11.1 Å². The van der Waals surface area contributed by atoms with Crippen molar-refractivity contribution in [3.8, 4) is 0 Å². The first-order valence-electron chi connectivity index (χ1n) is 5.94. The lowest BCUT2D eigenvalue weighted by Gasteiger charge is -2.17. The van der Waals surface area contributed by atoms with E-state index in [2.05, 4.69) is 5.32 Å². The third-order valence-electron chi connectivity index (χ3n) is 2.73. The largest absolute Gasteiger partial charge is 0.398 e. The summed E-state index contributed by atoms with van der Waals surface area (Å²) in [6, 6.07) is 2.54. The predicted octanol–water partition coefficient (Wildman–Crippen LogP) is 0.924. The molecule has 0 aliphatic rings. The molecule has 3 N–H and O–H groups in total. The zero-order chi connectivity index (χ0) is 14.6. The van der Waals surface area contributed by atoms with E-state index in [1.54, 1.807) is 6.92 Å². The van der Waals surface area contributed by atoms with Gasteiger partial charge in [-0.15, -0.1) is 0 Å². The summed E-state index contributed by atoms with van der Waals surface area (Å²) in [5, 5.41) is 2.58. The highest BCUT2D eigenvalue weighted by Crippen LogP contribution is 2.18. The van der Waals surface area contributed by atoms with E-state index in [1.807, 2.05) is 0 Å². The molecule has 0 radical (unpaired) electrons. The minimum absolute atomic E-state index is 0.0813. The Morgan fingerprint density at radius 2 is 2.05 bits per heavy atom. The van der Waals surface area contributed by atoms with Crippen molar-refractivity contribution >= 4 is 17.5 Å². The number of nitrogens with zero attached hydrogens (tertiary/aromatic N) is 1. The lowest BCUT2D eigenvalue weighted by Crippen LogP contribution is -2.38. The average Bonchev–Trinajstić information content (AvgIpc) is 2.34. The first-order chi connectivity index (χ1) is 8.86. The number of amides is 2. The molecule has 104 valence electrons. The highest BCUT2D eigenvalue weighted by Gasteiger charge is 2.17. The monoisotopic (exact) mass is 267 g/mol. The van der Waals surface area contributed by atoms with E-state index in [0.717, 1.165) is 6.07 Å². The van der Waals surface area contributed by atoms with E-state index >= 15 is 0 Å². The number of anilines is 1. The van der Waals surface area contributed by atoms with Gasteiger partial charge in [-0.2, -0.15) is 0 Å². The van der Waals surface area contributed by atoms with Crippen LogP contribution in [-0.4, -0.2) is 36.9 Å². The molecule has 0 unspecified atom stereocenters. The van der Waals surface area contributed by atoms with Crippen LogP contribution in [0.4, 0.5) is 10.1 Å². The van der Waals surface area contributed by atoms with Gasteiger partial charge in [-0.1, -0.05) is 0 Å². The second-order valence-electron chi connectivity index (χ2n) is 4.29. The summed E-state index contributed by atoms with van der Waals surface area (Å²) in [6.45, 7) is 3.74. The van der Waals surface area contributed by atoms with Gasteiger partial charge in [-0.3, -0.25) is 9.59 Å². The van der Waals surface area contributed by atoms with Crippen molar-refractivity contribution < 1.29 is 14.0 Å². The molecule has 5 nitrogen and oxygen atoms in total. The molecule has 1 aromatic carbocycles. The lowest BCUT2D eigenvalue weighted by atomic mass is 10.1. The van der Waals surface area contributed by atoms with E-state index < -0.39 is 11.7 Å². The first-order valence-corrected chi connectivity index (χ1v) is 5.94. The molecule has 0 heterocycles. The molecule has 0 atom stereocenters. The topological polar surface area (TPSA) is 75.4 Å². The quantitative estimate of drug-likeness (QED) is 0.797. The summed E-state index contributed by atoms with van der Waals surface area (Å²) in [7, 11) is 1.48. The van der Waals surface area contributed by atoms with Crippen LogP contribution >= 0.6 is 0 Å². The molecule has 0 spiro atoms. The molecule has 19 heavy (non-hydrogen) atoms. The zero-order valence-electron chi connectivity index (χ0n) is 11.3. The fourth-order valence-electron chi connectivity index (χ4n) is 1.58. The van der Waals surface area contributed by atoms with Crippen LogP contribution in [0.2, 0.25) is 0 Å². The number of carbonyl (C=O) groups is 2. The third kappa shape index (κ3) is 3.67. The van der Waals surface area contributed by atoms with Crippen LogP contribution in [0.25, 0.3) is 0 Å². The van der Waals surface area contributed by atoms with Gasteiger partial charge < -0.3 is 16.0 Å². The zero-order valence-corrected chi connectivity index (χ0v) is 11.3. The van der Waals surface area contributed by atoms with Gasteiger partial charge in [0.2, 0.25) is 5.91 Å². The summed E-state index contributed by atoms with van der Waals surface area (Å²) in [5.41, 5.74) is 6.28. The van der Waals surface area contributed by atoms with E-state index in [-0.39, 0.29) is 23.7 Å². The fraction of sp³-hybridized carbons (Fsp3) is 0.385. The summed E-state index contributed by atoms with van der Waals surface area (Å²) in [5.74, 6) is -1.24. The molecule has 0 aliphatic carbocycles. The van der Waals surface area contributed by atoms with Crippen molar-refractivity contribution in [3.05, 3.63) is 29.1 Å². The van der Waals surface area contributed by atoms with Gasteiger partial charge in [0.1, 0.15) is 5.82 Å². The molecule has 0 fully saturated rings. The smallest absolute Gasteiger partial charge is 0.254 e. The minimum atomic E-state index is -0.533. The number of hydrogen-bond acceptors (Lipinski definition) is 3. The van der Waals surface area contributed by atoms with Gasteiger partial charge in [0.05, 0.1) is 6.54 Å². The summed E-state index contributed by atoms with van der Waals surface area (Å²) in [4.78, 5) is 24.6. The van der Waals surface area contributed by atoms with Crippen molar-refractivity contribution in [2.75, 3.05) is 25.9 Å². The summed E-state index contributed by atoms with van der Waals surface area (Å²) < 4.78 is 13.5. The Morgan fingerprint density at radius 3 is 2.58 bits per heavy atom. The maximum absolute atomic E-state index is 13.5. The molecule has 0 bridgehead atoms. The number of nitrogens with two attached hydrogens (primary N) is 1. The van der Waals surface area contributed by atoms with Crippen LogP contribution in [0.1, 0.15) is 22.8 Å². The van der Waals surface area contributed by atoms with Crippen LogP contribution in [0, 0.1) is 12.7 Å². The number of nitrogen functional groups attached to an aromatic ring is 1. The van der Waals surface area contributed by atoms with E-state index in [4.69, 9.17) is 5.73 Å². The minimum Gasteiger partial charge on any atom is -0.398 e. The maximum Gasteiger partial charge on any atom is 0.254 e. The van der Waals surface area contributed by atoms with Crippen molar-refractivity contribution in [1.29, 1.82) is 0 Å². The Labute approximate surface area is 111 Å². The molecule has 0 aromatic heterocycles. The molecule has 0 saturated heterocycles. The molecule has 2 amide bonds. The number of halogens is 1. The Balaban J connectivity index is 2.85. The van der Waals surface area contributed by atoms with Gasteiger partial charge in [-0.25, -0.2) is 4.39 Å². The molecule has 0 saturated carbocycles. The van der Waals surface area contributed by atoms with Gasteiger partial charge in [0.25, 0.3) is 5.91 Å². The number of nitrogens with one attached hydrogen (secondary N) is 1. The van der Waals surface area contributed by atoms with E-state index in [1.165, 1.54) is 24.9 Å². The van der Waals surface area contributed by atoms with Gasteiger partial charge in [-0.05, 0) is 26.0 Å². The van der Waals surface area contributed by atoms with Crippen molar-refractivity contribution in [2.24, 2.45) is 0 Å². The maximum atomic E-state index is 13.5. The molecule has 1 rings (SSSR count). The number of likely N-dealkylation sites (N-methyl/N-ethyl adjacent to an activating group) is 2. The molecule has 0 aliphatic heterocycles. The fourth-order valence-corrected chi connectivity index (χ4v) is 1.58. The Hall–Kier alpha value is -2.11. The number of rotatable bonds is 4. The molecular formula is C13H18FN3O2. The SMILES string of the molecule is CCNC(=O)CN(C)C(=O)c1cc(N)c(C)c(F)c1. The second-order valence-corrected chi connectivity index (χ2v) is 4.29. The lowest BCUT2D eigenvalue weighted by molar-refractivity contribution is -0.121. The highest BCUT2D eigenvalue weighted by atomic mass is 19.1. The van der Waals surface area contributed by atoms with Crippen molar-refractivity contribution in [3.63, 3.8) is 0 Å². The average molecular weight is 267 g/mol.